The summed E-state index contributed by atoms with van der Waals surface area (Å²) in [5, 5.41) is 8.82. The third-order valence-corrected chi connectivity index (χ3v) is 5.05. The van der Waals surface area contributed by atoms with E-state index in [1.807, 2.05) is 6.07 Å². The number of rotatable bonds is 1. The number of hydrogen-bond donors (Lipinski definition) is 0. The first-order valence-electron chi connectivity index (χ1n) is 7.33. The minimum atomic E-state index is -4.39. The molecule has 0 aromatic heterocycles. The zero-order valence-electron chi connectivity index (χ0n) is 11.6. The second kappa shape index (κ2) is 6.22. The molecular weight excluding hydrogens is 284 g/mol. The van der Waals surface area contributed by atoms with E-state index in [4.69, 9.17) is 11.8 Å². The molecule has 0 amide bonds. The summed E-state index contributed by atoms with van der Waals surface area (Å²) in [5.41, 5.74) is 0. The highest BCUT2D eigenvalue weighted by Gasteiger charge is 2.53. The maximum Gasteiger partial charge on any atom is 0.399 e. The summed E-state index contributed by atoms with van der Waals surface area (Å²) in [4.78, 5) is 3.11. The van der Waals surface area contributed by atoms with Crippen LogP contribution in [0, 0.1) is 41.6 Å². The molecule has 0 radical (unpaired) electrons. The maximum atomic E-state index is 14.2. The molecule has 0 heterocycles. The molecule has 6 heteroatoms. The summed E-state index contributed by atoms with van der Waals surface area (Å²) >= 11 is 0. The molecule has 0 aromatic rings. The van der Waals surface area contributed by atoms with Crippen LogP contribution in [0.1, 0.15) is 38.5 Å². The van der Waals surface area contributed by atoms with Crippen LogP contribution >= 0.6 is 0 Å². The Morgan fingerprint density at radius 1 is 1.10 bits per heavy atom. The highest BCUT2D eigenvalue weighted by molar-refractivity contribution is 4.99. The average Bonchev–Trinajstić information content (AvgIpc) is 2.45. The monoisotopic (exact) mass is 302 g/mol. The molecule has 21 heavy (non-hydrogen) atoms. The minimum absolute atomic E-state index is 0.139. The van der Waals surface area contributed by atoms with Gasteiger partial charge in [-0.2, -0.15) is 18.4 Å². The van der Waals surface area contributed by atoms with Gasteiger partial charge in [0.15, 0.2) is 0 Å². The lowest BCUT2D eigenvalue weighted by atomic mass is 9.67. The Labute approximate surface area is 121 Å². The minimum Gasteiger partial charge on any atom is -0.313 e. The molecule has 2 fully saturated rings. The Bertz CT molecular complexity index is 448. The lowest BCUT2D eigenvalue weighted by molar-refractivity contribution is -0.190. The number of nitriles is 1. The summed E-state index contributed by atoms with van der Waals surface area (Å²) in [6.45, 7) is 6.92. The Balaban J connectivity index is 2.06. The summed E-state index contributed by atoms with van der Waals surface area (Å²) < 4.78 is 53.3. The molecule has 6 atom stereocenters. The fourth-order valence-electron chi connectivity index (χ4n) is 3.87. The highest BCUT2D eigenvalue weighted by Crippen LogP contribution is 2.47. The van der Waals surface area contributed by atoms with E-state index in [0.29, 0.717) is 19.3 Å². The fourth-order valence-corrected chi connectivity index (χ4v) is 3.87. The van der Waals surface area contributed by atoms with Gasteiger partial charge in [0, 0.05) is 12.3 Å². The predicted octanol–water partition coefficient (Wildman–Crippen LogP) is 4.53. The molecule has 116 valence electrons. The number of halogens is 4. The van der Waals surface area contributed by atoms with Gasteiger partial charge in [-0.25, -0.2) is 11.0 Å². The van der Waals surface area contributed by atoms with E-state index in [1.54, 1.807) is 0 Å². The summed E-state index contributed by atoms with van der Waals surface area (Å²) in [5.74, 6) is -2.64. The second-order valence-electron chi connectivity index (χ2n) is 6.24. The summed E-state index contributed by atoms with van der Waals surface area (Å²) in [7, 11) is 0. The van der Waals surface area contributed by atoms with E-state index in [1.165, 1.54) is 0 Å². The first-order valence-corrected chi connectivity index (χ1v) is 7.33. The zero-order chi connectivity index (χ0) is 15.6. The van der Waals surface area contributed by atoms with E-state index >= 15 is 0 Å². The average molecular weight is 302 g/mol. The van der Waals surface area contributed by atoms with Crippen LogP contribution in [0.5, 0.6) is 0 Å². The van der Waals surface area contributed by atoms with Crippen LogP contribution < -0.4 is 0 Å². The maximum absolute atomic E-state index is 14.2. The van der Waals surface area contributed by atoms with Gasteiger partial charge in [0.05, 0.1) is 6.07 Å². The Morgan fingerprint density at radius 2 is 1.81 bits per heavy atom. The third-order valence-electron chi connectivity index (χ3n) is 5.05. The van der Waals surface area contributed by atoms with Crippen LogP contribution in [0.4, 0.5) is 17.6 Å². The van der Waals surface area contributed by atoms with Crippen molar-refractivity contribution < 1.29 is 17.6 Å². The van der Waals surface area contributed by atoms with E-state index in [0.717, 1.165) is 0 Å². The first kappa shape index (κ1) is 16.1. The van der Waals surface area contributed by atoms with Crippen molar-refractivity contribution >= 4 is 0 Å². The van der Waals surface area contributed by atoms with Gasteiger partial charge < -0.3 is 4.85 Å². The Hall–Kier alpha value is -1.30. The molecule has 2 saturated carbocycles. The van der Waals surface area contributed by atoms with Crippen molar-refractivity contribution in [2.24, 2.45) is 23.7 Å². The molecule has 0 aliphatic heterocycles. The van der Waals surface area contributed by atoms with Crippen molar-refractivity contribution in [3.05, 3.63) is 11.4 Å². The molecule has 2 rings (SSSR count). The molecule has 0 N–H and O–H groups in total. The Kier molecular flexibility index (Phi) is 4.76. The molecule has 0 aromatic carbocycles. The van der Waals surface area contributed by atoms with Gasteiger partial charge in [-0.3, -0.25) is 0 Å². The van der Waals surface area contributed by atoms with Gasteiger partial charge >= 0.3 is 6.18 Å². The van der Waals surface area contributed by atoms with E-state index in [9.17, 15) is 17.6 Å². The fraction of sp³-hybridized carbons (Fsp3) is 0.867. The Morgan fingerprint density at radius 3 is 2.33 bits per heavy atom. The largest absolute Gasteiger partial charge is 0.399 e. The van der Waals surface area contributed by atoms with E-state index in [-0.39, 0.29) is 37.0 Å². The lowest BCUT2D eigenvalue weighted by Crippen LogP contribution is -2.42. The van der Waals surface area contributed by atoms with Crippen molar-refractivity contribution in [2.75, 3.05) is 0 Å². The molecule has 2 aliphatic rings. The van der Waals surface area contributed by atoms with Crippen LogP contribution in [0.15, 0.2) is 0 Å². The predicted molar refractivity (Wildman–Crippen MR) is 68.6 cm³/mol. The van der Waals surface area contributed by atoms with Crippen molar-refractivity contribution in [2.45, 2.75) is 56.9 Å². The topological polar surface area (TPSA) is 28.1 Å². The molecule has 2 aliphatic carbocycles. The molecule has 2 nitrogen and oxygen atoms in total. The SMILES string of the molecule is [C-]#[N+]C1CCC(C2CCC(C#N)CC2F)CC1C(F)(F)F. The van der Waals surface area contributed by atoms with Gasteiger partial charge in [0.1, 0.15) is 12.1 Å². The molecule has 6 unspecified atom stereocenters. The lowest BCUT2D eigenvalue weighted by Gasteiger charge is -2.39. The first-order chi connectivity index (χ1) is 9.86. The summed E-state index contributed by atoms with van der Waals surface area (Å²) in [6, 6.07) is 1.03. The molecule has 0 saturated heterocycles. The van der Waals surface area contributed by atoms with Crippen LogP contribution in [0.25, 0.3) is 4.85 Å². The standard InChI is InChI=1S/C15H18F4N2/c1-21-14-5-3-10(7-12(14)15(17,18)19)11-4-2-9(8-20)6-13(11)16/h9-14H,2-7H2. The van der Waals surface area contributed by atoms with E-state index in [2.05, 4.69) is 4.85 Å². The highest BCUT2D eigenvalue weighted by atomic mass is 19.4. The van der Waals surface area contributed by atoms with Crippen LogP contribution in [0.2, 0.25) is 0 Å². The molecule has 0 bridgehead atoms. The van der Waals surface area contributed by atoms with Crippen molar-refractivity contribution in [3.63, 3.8) is 0 Å². The summed E-state index contributed by atoms with van der Waals surface area (Å²) in [6.07, 6.45) is -3.83. The van der Waals surface area contributed by atoms with Crippen LogP contribution in [-0.4, -0.2) is 18.4 Å². The van der Waals surface area contributed by atoms with Gasteiger partial charge in [-0.05, 0) is 43.9 Å². The van der Waals surface area contributed by atoms with Gasteiger partial charge in [0.2, 0.25) is 6.04 Å². The zero-order valence-corrected chi connectivity index (χ0v) is 11.6. The third kappa shape index (κ3) is 3.48. The van der Waals surface area contributed by atoms with Gasteiger partial charge in [0.25, 0.3) is 0 Å². The van der Waals surface area contributed by atoms with E-state index < -0.39 is 24.3 Å². The van der Waals surface area contributed by atoms with Crippen LogP contribution in [-0.2, 0) is 0 Å². The number of nitrogens with zero attached hydrogens (tertiary/aromatic N) is 2. The van der Waals surface area contributed by atoms with Gasteiger partial charge in [-0.15, -0.1) is 0 Å². The number of hydrogen-bond acceptors (Lipinski definition) is 1. The van der Waals surface area contributed by atoms with Crippen molar-refractivity contribution in [3.8, 4) is 6.07 Å². The number of alkyl halides is 4. The molecule has 0 spiro atoms. The van der Waals surface area contributed by atoms with Crippen molar-refractivity contribution in [1.82, 2.24) is 0 Å². The van der Waals surface area contributed by atoms with Crippen LogP contribution in [0.3, 0.4) is 0 Å². The van der Waals surface area contributed by atoms with Crippen molar-refractivity contribution in [1.29, 1.82) is 5.26 Å². The molecular formula is C15H18F4N2. The normalized spacial score (nSPS) is 41.0. The van der Waals surface area contributed by atoms with Gasteiger partial charge in [-0.1, -0.05) is 0 Å². The quantitative estimate of drug-likeness (QED) is 0.516. The second-order valence-corrected chi connectivity index (χ2v) is 6.24. The smallest absolute Gasteiger partial charge is 0.313 e.